The summed E-state index contributed by atoms with van der Waals surface area (Å²) in [5.74, 6) is 1.15. The lowest BCUT2D eigenvalue weighted by Crippen LogP contribution is -2.19. The number of amidine groups is 1. The maximum absolute atomic E-state index is 9.04. The van der Waals surface area contributed by atoms with E-state index in [1.165, 1.54) is 0 Å². The monoisotopic (exact) mass is 312 g/mol. The molecule has 0 aliphatic carbocycles. The smallest absolute Gasteiger partial charge is 0.172 e. The Kier molecular flexibility index (Phi) is 6.06. The van der Waals surface area contributed by atoms with E-state index in [4.69, 9.17) is 15.7 Å². The van der Waals surface area contributed by atoms with Gasteiger partial charge in [-0.2, -0.15) is 0 Å². The van der Waals surface area contributed by atoms with Crippen LogP contribution >= 0.6 is 23.5 Å². The molecule has 3 N–H and O–H groups in total. The largest absolute Gasteiger partial charge is 0.409 e. The van der Waals surface area contributed by atoms with Crippen LogP contribution in [0.2, 0.25) is 0 Å². The molecule has 2 rings (SSSR count). The van der Waals surface area contributed by atoms with E-state index < -0.39 is 0 Å². The molecule has 0 bridgehead atoms. The lowest BCUT2D eigenvalue weighted by Gasteiger charge is -2.23. The zero-order valence-corrected chi connectivity index (χ0v) is 13.2. The maximum Gasteiger partial charge on any atom is 0.172 e. The quantitative estimate of drug-likeness (QED) is 0.287. The third-order valence-corrected chi connectivity index (χ3v) is 5.45. The van der Waals surface area contributed by atoms with Crippen molar-refractivity contribution in [1.82, 2.24) is 0 Å². The fraction of sp³-hybridized carbons (Fsp3) is 0.500. The predicted octanol–water partition coefficient (Wildman–Crippen LogP) is 3.16. The predicted molar refractivity (Wildman–Crippen MR) is 85.0 cm³/mol. The molecule has 0 aromatic heterocycles. The van der Waals surface area contributed by atoms with Crippen molar-refractivity contribution < 1.29 is 9.94 Å². The van der Waals surface area contributed by atoms with Crippen molar-refractivity contribution in [2.75, 3.05) is 19.0 Å². The number of hydrogen-bond donors (Lipinski definition) is 2. The van der Waals surface area contributed by atoms with Gasteiger partial charge in [-0.25, -0.2) is 0 Å². The Hall–Kier alpha value is -0.850. The number of oxime groups is 1. The van der Waals surface area contributed by atoms with Gasteiger partial charge >= 0.3 is 0 Å². The molecule has 1 saturated heterocycles. The zero-order valence-electron chi connectivity index (χ0n) is 11.5. The molecular formula is C14H20N2O2S2. The average molecular weight is 312 g/mol. The van der Waals surface area contributed by atoms with E-state index >= 15 is 0 Å². The maximum atomic E-state index is 9.04. The van der Waals surface area contributed by atoms with Crippen molar-refractivity contribution in [3.8, 4) is 0 Å². The lowest BCUT2D eigenvalue weighted by atomic mass is 10.2. The molecule has 1 aliphatic heterocycles. The summed E-state index contributed by atoms with van der Waals surface area (Å²) in [6.45, 7) is 3.74. The summed E-state index contributed by atoms with van der Waals surface area (Å²) in [4.78, 5) is 2.16. The van der Waals surface area contributed by atoms with Crippen LogP contribution in [-0.4, -0.2) is 35.3 Å². The van der Waals surface area contributed by atoms with Gasteiger partial charge in [0.1, 0.15) is 0 Å². The minimum atomic E-state index is 0.191. The van der Waals surface area contributed by atoms with E-state index in [0.29, 0.717) is 5.25 Å². The normalized spacial score (nSPS) is 17.4. The van der Waals surface area contributed by atoms with E-state index in [9.17, 15) is 0 Å². The molecule has 1 aromatic rings. The Morgan fingerprint density at radius 1 is 1.40 bits per heavy atom. The van der Waals surface area contributed by atoms with E-state index in [1.54, 1.807) is 11.8 Å². The second-order valence-corrected chi connectivity index (χ2v) is 7.13. The highest BCUT2D eigenvalue weighted by molar-refractivity contribution is 8.00. The van der Waals surface area contributed by atoms with Crippen molar-refractivity contribution in [3.05, 3.63) is 23.8 Å². The summed E-state index contributed by atoms with van der Waals surface area (Å²) in [5.41, 5.74) is 6.74. The number of hydrogen-bond acceptors (Lipinski definition) is 5. The SMILES string of the molecule is CCSc1cccc(SC2CCOCC2)c1/C(N)=N/O. The molecule has 20 heavy (non-hydrogen) atoms. The van der Waals surface area contributed by atoms with Crippen molar-refractivity contribution in [3.63, 3.8) is 0 Å². The van der Waals surface area contributed by atoms with Crippen LogP contribution < -0.4 is 5.73 Å². The molecule has 1 aliphatic rings. The van der Waals surface area contributed by atoms with Gasteiger partial charge in [0.15, 0.2) is 5.84 Å². The summed E-state index contributed by atoms with van der Waals surface area (Å²) < 4.78 is 5.39. The molecule has 6 heteroatoms. The Labute approximate surface area is 128 Å². The van der Waals surface area contributed by atoms with Crippen LogP contribution in [0.25, 0.3) is 0 Å². The molecule has 110 valence electrons. The second-order valence-electron chi connectivity index (χ2n) is 4.48. The highest BCUT2D eigenvalue weighted by Gasteiger charge is 2.19. The number of benzene rings is 1. The number of ether oxygens (including phenoxy) is 1. The van der Waals surface area contributed by atoms with Crippen LogP contribution in [-0.2, 0) is 4.74 Å². The van der Waals surface area contributed by atoms with Crippen LogP contribution in [0.15, 0.2) is 33.1 Å². The fourth-order valence-electron chi connectivity index (χ4n) is 2.16. The Balaban J connectivity index is 2.28. The van der Waals surface area contributed by atoms with Gasteiger partial charge in [0.25, 0.3) is 0 Å². The lowest BCUT2D eigenvalue weighted by molar-refractivity contribution is 0.100. The van der Waals surface area contributed by atoms with Crippen molar-refractivity contribution >= 4 is 29.4 Å². The van der Waals surface area contributed by atoms with Crippen LogP contribution in [0.4, 0.5) is 0 Å². The van der Waals surface area contributed by atoms with E-state index in [-0.39, 0.29) is 5.84 Å². The Morgan fingerprint density at radius 2 is 2.10 bits per heavy atom. The first-order valence-corrected chi connectivity index (χ1v) is 8.61. The summed E-state index contributed by atoms with van der Waals surface area (Å²) in [5, 5.41) is 12.8. The van der Waals surface area contributed by atoms with Crippen LogP contribution in [0.3, 0.4) is 0 Å². The molecular weight excluding hydrogens is 292 g/mol. The molecule has 0 amide bonds. The minimum Gasteiger partial charge on any atom is -0.409 e. The summed E-state index contributed by atoms with van der Waals surface area (Å²) in [6, 6.07) is 6.11. The van der Waals surface area contributed by atoms with Gasteiger partial charge in [-0.1, -0.05) is 18.1 Å². The zero-order chi connectivity index (χ0) is 14.4. The summed E-state index contributed by atoms with van der Waals surface area (Å²) in [6.07, 6.45) is 2.09. The second kappa shape index (κ2) is 7.81. The molecule has 0 atom stereocenters. The Bertz CT molecular complexity index is 474. The topological polar surface area (TPSA) is 67.8 Å². The minimum absolute atomic E-state index is 0.191. The van der Waals surface area contributed by atoms with E-state index in [1.807, 2.05) is 30.0 Å². The van der Waals surface area contributed by atoms with Crippen molar-refractivity contribution in [2.24, 2.45) is 10.9 Å². The standard InChI is InChI=1S/C14H20N2O2S2/c1-2-19-11-4-3-5-12(13(11)14(15)16-17)20-10-6-8-18-9-7-10/h3-5,10,17H,2,6-9H2,1H3,(H2,15,16). The fourth-order valence-corrected chi connectivity index (χ4v) is 4.35. The number of nitrogens with two attached hydrogens (primary N) is 1. The molecule has 0 saturated carbocycles. The third kappa shape index (κ3) is 3.84. The molecule has 1 fully saturated rings. The first kappa shape index (κ1) is 15.5. The van der Waals surface area contributed by atoms with Crippen LogP contribution in [0, 0.1) is 0 Å². The molecule has 0 spiro atoms. The molecule has 1 aromatic carbocycles. The number of rotatable bonds is 5. The van der Waals surface area contributed by atoms with Gasteiger partial charge in [-0.15, -0.1) is 23.5 Å². The Morgan fingerprint density at radius 3 is 2.75 bits per heavy atom. The van der Waals surface area contributed by atoms with Crippen molar-refractivity contribution in [1.29, 1.82) is 0 Å². The van der Waals surface area contributed by atoms with Gasteiger partial charge < -0.3 is 15.7 Å². The van der Waals surface area contributed by atoms with Crippen molar-refractivity contribution in [2.45, 2.75) is 34.8 Å². The van der Waals surface area contributed by atoms with Crippen LogP contribution in [0.5, 0.6) is 0 Å². The van der Waals surface area contributed by atoms with E-state index in [2.05, 4.69) is 12.1 Å². The van der Waals surface area contributed by atoms with Gasteiger partial charge in [-0.3, -0.25) is 0 Å². The third-order valence-electron chi connectivity index (χ3n) is 3.11. The molecule has 0 unspecified atom stereocenters. The van der Waals surface area contributed by atoms with Crippen LogP contribution in [0.1, 0.15) is 25.3 Å². The molecule has 4 nitrogen and oxygen atoms in total. The number of nitrogens with zero attached hydrogens (tertiary/aromatic N) is 1. The van der Waals surface area contributed by atoms with Gasteiger partial charge in [0.2, 0.25) is 0 Å². The number of thioether (sulfide) groups is 2. The van der Waals surface area contributed by atoms with Gasteiger partial charge in [-0.05, 0) is 30.7 Å². The average Bonchev–Trinajstić information content (AvgIpc) is 2.48. The molecule has 0 radical (unpaired) electrons. The van der Waals surface area contributed by atoms with Gasteiger partial charge in [0, 0.05) is 33.8 Å². The van der Waals surface area contributed by atoms with E-state index in [0.717, 1.165) is 47.2 Å². The highest BCUT2D eigenvalue weighted by Crippen LogP contribution is 2.36. The summed E-state index contributed by atoms with van der Waals surface area (Å²) >= 11 is 3.52. The first-order chi connectivity index (χ1) is 9.76. The first-order valence-electron chi connectivity index (χ1n) is 6.74. The van der Waals surface area contributed by atoms with Gasteiger partial charge in [0.05, 0.1) is 0 Å². The molecule has 1 heterocycles. The highest BCUT2D eigenvalue weighted by atomic mass is 32.2. The summed E-state index contributed by atoms with van der Waals surface area (Å²) in [7, 11) is 0.